The van der Waals surface area contributed by atoms with Gasteiger partial charge in [-0.15, -0.1) is 0 Å². The highest BCUT2D eigenvalue weighted by Crippen LogP contribution is 2.52. The molecule has 1 atom stereocenters. The first kappa shape index (κ1) is 18.7. The molecule has 0 heterocycles. The Hall–Kier alpha value is -0.340. The van der Waals surface area contributed by atoms with Crippen LogP contribution >= 0.6 is 39.1 Å². The van der Waals surface area contributed by atoms with Crippen LogP contribution in [0.1, 0.15) is 10.4 Å². The lowest BCUT2D eigenvalue weighted by atomic mass is 9.97. The van der Waals surface area contributed by atoms with Crippen LogP contribution in [0.15, 0.2) is 12.1 Å². The van der Waals surface area contributed by atoms with E-state index in [1.807, 2.05) is 0 Å². The van der Waals surface area contributed by atoms with Crippen molar-refractivity contribution >= 4 is 39.1 Å². The topological polar surface area (TPSA) is 9.23 Å². The Labute approximate surface area is 134 Å². The summed E-state index contributed by atoms with van der Waals surface area (Å²) in [6.45, 7) is 0. The van der Waals surface area contributed by atoms with Gasteiger partial charge in [-0.3, -0.25) is 0 Å². The molecule has 0 N–H and O–H groups in total. The zero-order chi connectivity index (χ0) is 16.6. The van der Waals surface area contributed by atoms with Crippen molar-refractivity contribution in [2.24, 2.45) is 5.92 Å². The highest BCUT2D eigenvalue weighted by atomic mass is 79.9. The second-order valence-corrected chi connectivity index (χ2v) is 5.77. The average molecular weight is 420 g/mol. The summed E-state index contributed by atoms with van der Waals surface area (Å²) >= 11 is 13.9. The summed E-state index contributed by atoms with van der Waals surface area (Å²) in [6, 6.07) is 1.96. The highest BCUT2D eigenvalue weighted by Gasteiger charge is 2.60. The number of methoxy groups -OCH3 is 1. The molecule has 0 spiro atoms. The number of benzene rings is 1. The summed E-state index contributed by atoms with van der Waals surface area (Å²) in [5.41, 5.74) is -0.429. The zero-order valence-corrected chi connectivity index (χ0v) is 13.2. The van der Waals surface area contributed by atoms with Gasteiger partial charge >= 0.3 is 12.4 Å². The fourth-order valence-corrected chi connectivity index (χ4v) is 3.24. The first-order valence-electron chi connectivity index (χ1n) is 5.20. The van der Waals surface area contributed by atoms with Gasteiger partial charge in [0, 0.05) is 11.1 Å². The molecule has 21 heavy (non-hydrogen) atoms. The summed E-state index contributed by atoms with van der Waals surface area (Å²) in [4.78, 5) is -2.13. The van der Waals surface area contributed by atoms with Crippen molar-refractivity contribution in [1.82, 2.24) is 0 Å². The summed E-state index contributed by atoms with van der Waals surface area (Å²) in [6.07, 6.45) is -11.0. The predicted octanol–water partition coefficient (Wildman–Crippen LogP) is 6.18. The van der Waals surface area contributed by atoms with Gasteiger partial charge in [0.2, 0.25) is 0 Å². The minimum Gasteiger partial charge on any atom is -0.495 e. The van der Waals surface area contributed by atoms with Gasteiger partial charge in [0.25, 0.3) is 0 Å². The van der Waals surface area contributed by atoms with Crippen LogP contribution in [-0.2, 0) is 0 Å². The van der Waals surface area contributed by atoms with E-state index in [2.05, 4.69) is 15.9 Å². The van der Waals surface area contributed by atoms with Crippen molar-refractivity contribution in [3.8, 4) is 5.75 Å². The number of ether oxygens (including phenoxy) is 1. The fraction of sp³-hybridized carbons (Fsp3) is 0.455. The zero-order valence-electron chi connectivity index (χ0n) is 10.1. The lowest BCUT2D eigenvalue weighted by Crippen LogP contribution is -2.39. The third-order valence-corrected chi connectivity index (χ3v) is 4.21. The van der Waals surface area contributed by atoms with E-state index < -0.39 is 28.7 Å². The molecule has 120 valence electrons. The van der Waals surface area contributed by atoms with Crippen molar-refractivity contribution in [2.45, 2.75) is 17.2 Å². The van der Waals surface area contributed by atoms with E-state index in [1.165, 1.54) is 7.11 Å². The van der Waals surface area contributed by atoms with Crippen molar-refractivity contribution in [2.75, 3.05) is 7.11 Å². The first-order chi connectivity index (χ1) is 9.39. The number of alkyl halides is 7. The molecule has 1 nitrogen and oxygen atoms in total. The summed E-state index contributed by atoms with van der Waals surface area (Å²) in [7, 11) is 1.23. The molecular weight excluding hydrogens is 413 g/mol. The third kappa shape index (κ3) is 4.32. The van der Waals surface area contributed by atoms with Crippen molar-refractivity contribution in [3.63, 3.8) is 0 Å². The number of hydrogen-bond acceptors (Lipinski definition) is 1. The Morgan fingerprint density at radius 2 is 1.48 bits per heavy atom. The van der Waals surface area contributed by atoms with Gasteiger partial charge in [-0.05, 0) is 11.6 Å². The molecule has 10 heteroatoms. The van der Waals surface area contributed by atoms with Crippen LogP contribution in [0.25, 0.3) is 0 Å². The van der Waals surface area contributed by atoms with E-state index in [0.717, 1.165) is 12.1 Å². The predicted molar refractivity (Wildman–Crippen MR) is 70.3 cm³/mol. The van der Waals surface area contributed by atoms with Gasteiger partial charge in [-0.25, -0.2) is 0 Å². The lowest BCUT2D eigenvalue weighted by Gasteiger charge is -2.28. The summed E-state index contributed by atoms with van der Waals surface area (Å²) in [5, 5.41) is -0.471. The van der Waals surface area contributed by atoms with Gasteiger partial charge in [0.15, 0.2) is 5.92 Å². The maximum atomic E-state index is 12.7. The smallest absolute Gasteiger partial charge is 0.401 e. The Morgan fingerprint density at radius 3 is 1.86 bits per heavy atom. The van der Waals surface area contributed by atoms with Crippen LogP contribution in [0, 0.1) is 5.92 Å². The molecule has 0 saturated heterocycles. The Morgan fingerprint density at radius 1 is 1.00 bits per heavy atom. The van der Waals surface area contributed by atoms with Crippen LogP contribution < -0.4 is 4.74 Å². The Kier molecular flexibility index (Phi) is 5.72. The van der Waals surface area contributed by atoms with Gasteiger partial charge in [0.1, 0.15) is 5.75 Å². The number of hydrogen-bond donors (Lipinski definition) is 0. The van der Waals surface area contributed by atoms with Gasteiger partial charge in [-0.1, -0.05) is 39.1 Å². The van der Waals surface area contributed by atoms with E-state index in [-0.39, 0.29) is 15.8 Å². The monoisotopic (exact) mass is 418 g/mol. The fourth-order valence-electron chi connectivity index (χ4n) is 1.61. The lowest BCUT2D eigenvalue weighted by molar-refractivity contribution is -0.283. The first-order valence-corrected chi connectivity index (χ1v) is 6.87. The third-order valence-electron chi connectivity index (χ3n) is 2.57. The van der Waals surface area contributed by atoms with E-state index in [1.54, 1.807) is 0 Å². The molecule has 0 radical (unpaired) electrons. The van der Waals surface area contributed by atoms with Crippen molar-refractivity contribution in [3.05, 3.63) is 27.7 Å². The van der Waals surface area contributed by atoms with Crippen molar-refractivity contribution < 1.29 is 31.1 Å². The van der Waals surface area contributed by atoms with E-state index in [9.17, 15) is 26.3 Å². The molecule has 0 aliphatic carbocycles. The highest BCUT2D eigenvalue weighted by molar-refractivity contribution is 9.09. The van der Waals surface area contributed by atoms with Crippen LogP contribution in [0.3, 0.4) is 0 Å². The number of rotatable bonds is 3. The minimum absolute atomic E-state index is 0.0423. The molecule has 0 amide bonds. The average Bonchev–Trinajstić information content (AvgIpc) is 2.27. The maximum absolute atomic E-state index is 12.7. The molecule has 1 rings (SSSR count). The molecule has 0 aliphatic heterocycles. The van der Waals surface area contributed by atoms with E-state index in [0.29, 0.717) is 0 Å². The normalized spacial score (nSPS) is 14.4. The van der Waals surface area contributed by atoms with Crippen molar-refractivity contribution in [1.29, 1.82) is 0 Å². The van der Waals surface area contributed by atoms with E-state index >= 15 is 0 Å². The van der Waals surface area contributed by atoms with Gasteiger partial charge in [-0.2, -0.15) is 26.3 Å². The SMILES string of the molecule is COc1cc(Cl)c(C(Br)C(C(F)(F)F)C(F)(F)F)cc1Cl. The molecule has 0 bridgehead atoms. The molecule has 0 fully saturated rings. The molecule has 1 aromatic rings. The molecule has 0 aromatic heterocycles. The number of halogens is 9. The van der Waals surface area contributed by atoms with E-state index in [4.69, 9.17) is 27.9 Å². The van der Waals surface area contributed by atoms with Gasteiger partial charge in [0.05, 0.1) is 17.0 Å². The molecule has 0 aliphatic rings. The van der Waals surface area contributed by atoms with Crippen LogP contribution in [0.4, 0.5) is 26.3 Å². The maximum Gasteiger partial charge on any atom is 0.401 e. The van der Waals surface area contributed by atoms with Gasteiger partial charge < -0.3 is 4.74 Å². The second kappa shape index (κ2) is 6.42. The quantitative estimate of drug-likeness (QED) is 0.420. The standard InChI is InChI=1S/C11H7BrCl2F6O/c1-21-7-3-5(13)4(2-6(7)14)8(12)9(10(15,16)17)11(18,19)20/h2-3,8-9H,1H3. The van der Waals surface area contributed by atoms with Crippen LogP contribution in [0.5, 0.6) is 5.75 Å². The summed E-state index contributed by atoms with van der Waals surface area (Å²) in [5.74, 6) is -3.58. The van der Waals surface area contributed by atoms with Crippen LogP contribution in [-0.4, -0.2) is 19.5 Å². The Bertz CT molecular complexity index is 503. The molecular formula is C11H7BrCl2F6O. The van der Waals surface area contributed by atoms with Crippen LogP contribution in [0.2, 0.25) is 10.0 Å². The largest absolute Gasteiger partial charge is 0.495 e. The molecule has 1 unspecified atom stereocenters. The summed E-state index contributed by atoms with van der Waals surface area (Å²) < 4.78 is 80.9. The minimum atomic E-state index is -5.50. The molecule has 0 saturated carbocycles. The molecule has 1 aromatic carbocycles. The second-order valence-electron chi connectivity index (χ2n) is 3.97. The Balaban J connectivity index is 3.34.